The van der Waals surface area contributed by atoms with E-state index in [4.69, 9.17) is 25.8 Å². The van der Waals surface area contributed by atoms with Crippen molar-refractivity contribution in [3.8, 4) is 22.9 Å². The molecule has 0 aliphatic carbocycles. The molecular weight excluding hydrogens is 332 g/mol. The largest absolute Gasteiger partial charge is 0.489 e. The van der Waals surface area contributed by atoms with E-state index in [2.05, 4.69) is 15.5 Å². The summed E-state index contributed by atoms with van der Waals surface area (Å²) in [5, 5.41) is 11.6. The molecule has 0 saturated carbocycles. The third kappa shape index (κ3) is 2.98. The summed E-state index contributed by atoms with van der Waals surface area (Å²) in [6.45, 7) is 1.41. The molecule has 0 atom stereocenters. The predicted molar refractivity (Wildman–Crippen MR) is 85.9 cm³/mol. The normalized spacial score (nSPS) is 12.9. The van der Waals surface area contributed by atoms with Gasteiger partial charge in [0.2, 0.25) is 0 Å². The molecule has 0 amide bonds. The Kier molecular flexibility index (Phi) is 3.92. The fourth-order valence-electron chi connectivity index (χ4n) is 2.39. The van der Waals surface area contributed by atoms with Crippen LogP contribution in [-0.2, 0) is 6.61 Å². The fourth-order valence-corrected chi connectivity index (χ4v) is 2.68. The number of halogens is 1. The van der Waals surface area contributed by atoms with E-state index in [1.54, 1.807) is 4.68 Å². The van der Waals surface area contributed by atoms with Gasteiger partial charge in [-0.3, -0.25) is 0 Å². The molecule has 2 aromatic carbocycles. The first-order valence-electron chi connectivity index (χ1n) is 7.34. The Balaban J connectivity index is 1.46. The summed E-state index contributed by atoms with van der Waals surface area (Å²) < 4.78 is 18.4. The van der Waals surface area contributed by atoms with Crippen molar-refractivity contribution in [2.24, 2.45) is 0 Å². The molecule has 0 N–H and O–H groups in total. The summed E-state index contributed by atoms with van der Waals surface area (Å²) in [6.07, 6.45) is 1.53. The molecule has 0 saturated heterocycles. The summed E-state index contributed by atoms with van der Waals surface area (Å²) in [5.74, 6) is 1.98. The van der Waals surface area contributed by atoms with Gasteiger partial charge in [0.05, 0.1) is 10.7 Å². The highest BCUT2D eigenvalue weighted by atomic mass is 35.5. The van der Waals surface area contributed by atoms with E-state index in [0.29, 0.717) is 36.3 Å². The van der Waals surface area contributed by atoms with Crippen molar-refractivity contribution in [2.75, 3.05) is 13.2 Å². The van der Waals surface area contributed by atoms with Crippen LogP contribution in [0, 0.1) is 0 Å². The van der Waals surface area contributed by atoms with Crippen molar-refractivity contribution >= 4 is 11.6 Å². The zero-order valence-corrected chi connectivity index (χ0v) is 13.3. The number of fused-ring (bicyclic) bond motifs is 1. The molecule has 1 aliphatic heterocycles. The number of nitrogens with zero attached hydrogens (tertiary/aromatic N) is 4. The molecule has 0 fully saturated rings. The molecule has 0 unspecified atom stereocenters. The second kappa shape index (κ2) is 6.37. The van der Waals surface area contributed by atoms with Gasteiger partial charge in [0.25, 0.3) is 0 Å². The second-order valence-electron chi connectivity index (χ2n) is 5.14. The minimum absolute atomic E-state index is 0.376. The molecule has 1 aromatic heterocycles. The van der Waals surface area contributed by atoms with Crippen LogP contribution in [0.5, 0.6) is 17.2 Å². The Morgan fingerprint density at radius 1 is 1.12 bits per heavy atom. The quantitative estimate of drug-likeness (QED) is 0.724. The Morgan fingerprint density at radius 3 is 2.75 bits per heavy atom. The van der Waals surface area contributed by atoms with Crippen molar-refractivity contribution in [2.45, 2.75) is 6.61 Å². The number of hydrogen-bond donors (Lipinski definition) is 0. The monoisotopic (exact) mass is 344 g/mol. The van der Waals surface area contributed by atoms with E-state index in [9.17, 15) is 0 Å². The number of hydrogen-bond acceptors (Lipinski definition) is 6. The van der Waals surface area contributed by atoms with E-state index >= 15 is 0 Å². The first-order valence-corrected chi connectivity index (χ1v) is 7.71. The van der Waals surface area contributed by atoms with E-state index in [1.165, 1.54) is 6.33 Å². The predicted octanol–water partition coefficient (Wildman–Crippen LogP) is 2.67. The van der Waals surface area contributed by atoms with E-state index < -0.39 is 0 Å². The van der Waals surface area contributed by atoms with Crippen LogP contribution in [0.25, 0.3) is 5.69 Å². The zero-order valence-electron chi connectivity index (χ0n) is 12.6. The zero-order chi connectivity index (χ0) is 16.4. The smallest absolute Gasteiger partial charge is 0.179 e. The Bertz CT molecular complexity index is 837. The summed E-state index contributed by atoms with van der Waals surface area (Å²) in [7, 11) is 0. The van der Waals surface area contributed by atoms with Gasteiger partial charge in [-0.05, 0) is 52.4 Å². The van der Waals surface area contributed by atoms with Crippen LogP contribution >= 0.6 is 11.6 Å². The van der Waals surface area contributed by atoms with E-state index in [-0.39, 0.29) is 0 Å². The molecule has 8 heteroatoms. The highest BCUT2D eigenvalue weighted by Crippen LogP contribution is 2.38. The van der Waals surface area contributed by atoms with Crippen molar-refractivity contribution in [3.63, 3.8) is 0 Å². The SMILES string of the molecule is Clc1cc(COc2ccc(-n3cnnn3)cc2)cc2c1OCCO2. The Morgan fingerprint density at radius 2 is 1.96 bits per heavy atom. The highest BCUT2D eigenvalue weighted by molar-refractivity contribution is 6.32. The Labute approximate surface area is 142 Å². The summed E-state index contributed by atoms with van der Waals surface area (Å²) in [5.41, 5.74) is 1.77. The number of aromatic nitrogens is 4. The van der Waals surface area contributed by atoms with Gasteiger partial charge in [0, 0.05) is 0 Å². The molecule has 4 rings (SSSR count). The lowest BCUT2D eigenvalue weighted by Crippen LogP contribution is -2.16. The van der Waals surface area contributed by atoms with Gasteiger partial charge in [-0.2, -0.15) is 0 Å². The molecule has 0 spiro atoms. The molecule has 24 heavy (non-hydrogen) atoms. The maximum absolute atomic E-state index is 6.22. The lowest BCUT2D eigenvalue weighted by Gasteiger charge is -2.20. The average molecular weight is 345 g/mol. The number of benzene rings is 2. The number of ether oxygens (including phenoxy) is 3. The molecule has 2 heterocycles. The van der Waals surface area contributed by atoms with Crippen molar-refractivity contribution in [1.29, 1.82) is 0 Å². The maximum atomic E-state index is 6.22. The van der Waals surface area contributed by atoms with Gasteiger partial charge in [-0.1, -0.05) is 11.6 Å². The van der Waals surface area contributed by atoms with Crippen LogP contribution < -0.4 is 14.2 Å². The van der Waals surface area contributed by atoms with E-state index in [0.717, 1.165) is 17.0 Å². The highest BCUT2D eigenvalue weighted by Gasteiger charge is 2.16. The fraction of sp³-hybridized carbons (Fsp3) is 0.188. The van der Waals surface area contributed by atoms with Crippen LogP contribution in [0.2, 0.25) is 5.02 Å². The summed E-state index contributed by atoms with van der Waals surface area (Å²) >= 11 is 6.22. The topological polar surface area (TPSA) is 71.3 Å². The van der Waals surface area contributed by atoms with Crippen LogP contribution in [-0.4, -0.2) is 33.4 Å². The molecule has 122 valence electrons. The minimum Gasteiger partial charge on any atom is -0.489 e. The summed E-state index contributed by atoms with van der Waals surface area (Å²) in [6, 6.07) is 11.2. The van der Waals surface area contributed by atoms with Crippen LogP contribution in [0.1, 0.15) is 5.56 Å². The average Bonchev–Trinajstić information content (AvgIpc) is 3.15. The van der Waals surface area contributed by atoms with Gasteiger partial charge in [-0.15, -0.1) is 5.10 Å². The van der Waals surface area contributed by atoms with E-state index in [1.807, 2.05) is 36.4 Å². The van der Waals surface area contributed by atoms with Gasteiger partial charge in [0.15, 0.2) is 11.5 Å². The van der Waals surface area contributed by atoms with Crippen molar-refractivity contribution in [1.82, 2.24) is 20.2 Å². The third-order valence-electron chi connectivity index (χ3n) is 3.51. The lowest BCUT2D eigenvalue weighted by atomic mass is 10.2. The lowest BCUT2D eigenvalue weighted by molar-refractivity contribution is 0.171. The first kappa shape index (κ1) is 14.8. The molecule has 0 bridgehead atoms. The molecule has 1 aliphatic rings. The second-order valence-corrected chi connectivity index (χ2v) is 5.55. The standard InChI is InChI=1S/C16H13ClN4O3/c17-14-7-11(8-15-16(14)23-6-5-22-15)9-24-13-3-1-12(2-4-13)21-10-18-19-20-21/h1-4,7-8,10H,5-6,9H2. The summed E-state index contributed by atoms with van der Waals surface area (Å²) in [4.78, 5) is 0. The molecule has 3 aromatic rings. The van der Waals surface area contributed by atoms with Crippen LogP contribution in [0.15, 0.2) is 42.7 Å². The van der Waals surface area contributed by atoms with Crippen molar-refractivity contribution < 1.29 is 14.2 Å². The number of rotatable bonds is 4. The third-order valence-corrected chi connectivity index (χ3v) is 3.79. The van der Waals surface area contributed by atoms with Crippen LogP contribution in [0.3, 0.4) is 0 Å². The number of tetrazole rings is 1. The molecular formula is C16H13ClN4O3. The van der Waals surface area contributed by atoms with Gasteiger partial charge < -0.3 is 14.2 Å². The Hall–Kier alpha value is -2.80. The minimum atomic E-state index is 0.376. The van der Waals surface area contributed by atoms with Gasteiger partial charge in [0.1, 0.15) is 31.9 Å². The van der Waals surface area contributed by atoms with Crippen molar-refractivity contribution in [3.05, 3.63) is 53.3 Å². The van der Waals surface area contributed by atoms with Gasteiger partial charge in [-0.25, -0.2) is 4.68 Å². The molecule has 0 radical (unpaired) electrons. The van der Waals surface area contributed by atoms with Crippen LogP contribution in [0.4, 0.5) is 0 Å². The maximum Gasteiger partial charge on any atom is 0.179 e. The first-order chi connectivity index (χ1) is 11.8. The molecule has 7 nitrogen and oxygen atoms in total. The van der Waals surface area contributed by atoms with Gasteiger partial charge >= 0.3 is 0 Å².